The van der Waals surface area contributed by atoms with Crippen LogP contribution < -0.4 is 0 Å². The summed E-state index contributed by atoms with van der Waals surface area (Å²) in [4.78, 5) is 0. The molecule has 0 unspecified atom stereocenters. The van der Waals surface area contributed by atoms with Crippen LogP contribution in [0.5, 0.6) is 0 Å². The zero-order valence-electron chi connectivity index (χ0n) is 41.6. The molecule has 0 aliphatic carbocycles. The van der Waals surface area contributed by atoms with E-state index >= 15 is 0 Å². The van der Waals surface area contributed by atoms with Crippen LogP contribution in [0.1, 0.15) is 0 Å². The smallest absolute Gasteiger partial charge is 0.00141 e. The third-order valence-corrected chi connectivity index (χ3v) is 16.6. The fourth-order valence-electron chi connectivity index (χ4n) is 13.3. The summed E-state index contributed by atoms with van der Waals surface area (Å²) in [5.41, 5.74) is 14.9. The van der Waals surface area contributed by atoms with Crippen molar-refractivity contribution in [2.75, 3.05) is 0 Å². The van der Waals surface area contributed by atoms with E-state index in [0.29, 0.717) is 0 Å². The molecule has 76 heavy (non-hydrogen) atoms. The van der Waals surface area contributed by atoms with Crippen molar-refractivity contribution in [2.24, 2.45) is 0 Å². The topological polar surface area (TPSA) is 0 Å². The minimum Gasteiger partial charge on any atom is -0.0622 e. The van der Waals surface area contributed by atoms with Gasteiger partial charge in [-0.25, -0.2) is 0 Å². The van der Waals surface area contributed by atoms with Crippen molar-refractivity contribution in [3.05, 3.63) is 279 Å². The van der Waals surface area contributed by atoms with Gasteiger partial charge in [0.15, 0.2) is 0 Å². The Kier molecular flexibility index (Phi) is 9.44. The molecule has 0 radical (unpaired) electrons. The van der Waals surface area contributed by atoms with Gasteiger partial charge in [-0.3, -0.25) is 0 Å². The molecule has 0 nitrogen and oxygen atoms in total. The second kappa shape index (κ2) is 16.8. The summed E-state index contributed by atoms with van der Waals surface area (Å²) in [6.07, 6.45) is 0. The zero-order valence-corrected chi connectivity index (χ0v) is 41.6. The maximum absolute atomic E-state index is 2.47. The van der Waals surface area contributed by atoms with Crippen LogP contribution in [0.15, 0.2) is 279 Å². The van der Waals surface area contributed by atoms with Crippen molar-refractivity contribution < 1.29 is 0 Å². The molecule has 0 amide bonds. The Morgan fingerprint density at radius 2 is 0.487 bits per heavy atom. The summed E-state index contributed by atoms with van der Waals surface area (Å²) >= 11 is 0. The highest BCUT2D eigenvalue weighted by Gasteiger charge is 2.23. The van der Waals surface area contributed by atoms with E-state index in [9.17, 15) is 0 Å². The monoisotopic (exact) mass is 958 g/mol. The molecular weight excluding hydrogens is 913 g/mol. The highest BCUT2D eigenvalue weighted by Crippen LogP contribution is 2.51. The summed E-state index contributed by atoms with van der Waals surface area (Å²) in [7, 11) is 0. The highest BCUT2D eigenvalue weighted by atomic mass is 14.3. The Morgan fingerprint density at radius 1 is 0.145 bits per heavy atom. The summed E-state index contributed by atoms with van der Waals surface area (Å²) in [5, 5.41) is 22.7. The number of hydrogen-bond acceptors (Lipinski definition) is 0. The van der Waals surface area contributed by atoms with Gasteiger partial charge in [-0.2, -0.15) is 0 Å². The largest absolute Gasteiger partial charge is 0.0622 e. The van der Waals surface area contributed by atoms with Gasteiger partial charge in [0.25, 0.3) is 0 Å². The van der Waals surface area contributed by atoms with Crippen molar-refractivity contribution in [3.8, 4) is 66.8 Å². The Bertz CT molecular complexity index is 4690. The van der Waals surface area contributed by atoms with Crippen LogP contribution in [0.25, 0.3) is 164 Å². The van der Waals surface area contributed by atoms with Crippen molar-refractivity contribution in [1.29, 1.82) is 0 Å². The molecule has 0 heteroatoms. The number of benzene rings is 16. The predicted octanol–water partition coefficient (Wildman–Crippen LogP) is 21.5. The van der Waals surface area contributed by atoms with Gasteiger partial charge < -0.3 is 0 Å². The third kappa shape index (κ3) is 6.38. The zero-order chi connectivity index (χ0) is 49.8. The maximum atomic E-state index is 2.47. The van der Waals surface area contributed by atoms with Gasteiger partial charge in [-0.1, -0.05) is 267 Å². The van der Waals surface area contributed by atoms with Crippen molar-refractivity contribution in [1.82, 2.24) is 0 Å². The van der Waals surface area contributed by atoms with E-state index in [1.54, 1.807) is 0 Å². The van der Waals surface area contributed by atoms with Crippen molar-refractivity contribution in [3.63, 3.8) is 0 Å². The normalized spacial score (nSPS) is 11.9. The summed E-state index contributed by atoms with van der Waals surface area (Å²) < 4.78 is 0. The van der Waals surface area contributed by atoms with Crippen LogP contribution in [0, 0.1) is 0 Å². The molecule has 0 atom stereocenters. The van der Waals surface area contributed by atoms with E-state index in [0.717, 1.165) is 0 Å². The summed E-state index contributed by atoms with van der Waals surface area (Å²) in [6.45, 7) is 0. The van der Waals surface area contributed by atoms with Gasteiger partial charge >= 0.3 is 0 Å². The van der Waals surface area contributed by atoms with E-state index in [2.05, 4.69) is 279 Å². The molecule has 0 saturated heterocycles. The lowest BCUT2D eigenvalue weighted by atomic mass is 9.82. The van der Waals surface area contributed by atoms with Crippen LogP contribution in [-0.4, -0.2) is 0 Å². The van der Waals surface area contributed by atoms with Crippen molar-refractivity contribution in [2.45, 2.75) is 0 Å². The first-order valence-electron chi connectivity index (χ1n) is 26.5. The Hall–Kier alpha value is -9.88. The predicted molar refractivity (Wildman–Crippen MR) is 328 cm³/mol. The molecule has 16 aromatic carbocycles. The lowest BCUT2D eigenvalue weighted by Gasteiger charge is -2.21. The standard InChI is InChI=1S/C76H46/c1-3-19-49(20-4-1)73-63-29-13-11-27-59(63)69-45-53(37-43-67(69)75(73)61-31-15-23-47-17-7-9-25-55(47)61)57-39-33-51-36-42-66-58(40-34-52-35-41-65(57)71(51)72(52)66)54-38-44-68-70(46-54)60-28-12-14-30-64(60)74(50-21-5-2-6-22-50)76(68)62-32-16-24-48-18-8-10-26-56(48)62/h1-46H. The third-order valence-electron chi connectivity index (χ3n) is 16.6. The SMILES string of the molecule is c1ccc(-c2c(-c3cccc4ccccc34)c3ccc(-c4ccc5ccc6c(-c7ccc8c(-c9cccc%10ccccc9%10)c(-c9ccccc9)c9ccccc9c8c7)ccc7ccc4c5c76)cc3c3ccccc23)cc1. The molecule has 16 aromatic rings. The van der Waals surface area contributed by atoms with Gasteiger partial charge in [-0.15, -0.1) is 0 Å². The Labute approximate surface area is 440 Å². The van der Waals surface area contributed by atoms with Gasteiger partial charge in [0.2, 0.25) is 0 Å². The minimum absolute atomic E-state index is 1.21. The van der Waals surface area contributed by atoms with E-state index in [1.165, 1.54) is 164 Å². The maximum Gasteiger partial charge on any atom is -0.00141 e. The number of rotatable bonds is 6. The van der Waals surface area contributed by atoms with Crippen molar-refractivity contribution >= 4 is 97.0 Å². The Balaban J connectivity index is 0.912. The average molecular weight is 959 g/mol. The molecule has 0 aliphatic heterocycles. The van der Waals surface area contributed by atoms with E-state index in [-0.39, 0.29) is 0 Å². The molecule has 0 fully saturated rings. The molecule has 0 aromatic heterocycles. The first-order chi connectivity index (χ1) is 37.7. The molecule has 350 valence electrons. The first-order valence-corrected chi connectivity index (χ1v) is 26.5. The molecule has 0 heterocycles. The fraction of sp³-hybridized carbons (Fsp3) is 0. The highest BCUT2D eigenvalue weighted by molar-refractivity contribution is 6.30. The second-order valence-electron chi connectivity index (χ2n) is 20.5. The van der Waals surface area contributed by atoms with Gasteiger partial charge in [0, 0.05) is 0 Å². The second-order valence-corrected chi connectivity index (χ2v) is 20.5. The van der Waals surface area contributed by atoms with Gasteiger partial charge in [0.1, 0.15) is 0 Å². The molecular formula is C76H46. The molecule has 0 aliphatic rings. The lowest BCUT2D eigenvalue weighted by molar-refractivity contribution is 1.64. The average Bonchev–Trinajstić information content (AvgIpc) is 3.61. The summed E-state index contributed by atoms with van der Waals surface area (Å²) in [6, 6.07) is 104. The molecule has 0 spiro atoms. The summed E-state index contributed by atoms with van der Waals surface area (Å²) in [5.74, 6) is 0. The van der Waals surface area contributed by atoms with E-state index < -0.39 is 0 Å². The van der Waals surface area contributed by atoms with E-state index in [4.69, 9.17) is 0 Å². The van der Waals surface area contributed by atoms with Crippen LogP contribution in [0.2, 0.25) is 0 Å². The number of fused-ring (bicyclic) bond motifs is 8. The lowest BCUT2D eigenvalue weighted by Crippen LogP contribution is -1.94. The molecule has 0 saturated carbocycles. The fourth-order valence-corrected chi connectivity index (χ4v) is 13.3. The van der Waals surface area contributed by atoms with Crippen LogP contribution in [-0.2, 0) is 0 Å². The van der Waals surface area contributed by atoms with Crippen LogP contribution in [0.4, 0.5) is 0 Å². The van der Waals surface area contributed by atoms with Gasteiger partial charge in [0.05, 0.1) is 0 Å². The number of hydrogen-bond donors (Lipinski definition) is 0. The Morgan fingerprint density at radius 3 is 0.934 bits per heavy atom. The molecule has 16 rings (SSSR count). The quantitative estimate of drug-likeness (QED) is 0.146. The first kappa shape index (κ1) is 42.6. The van der Waals surface area contributed by atoms with Crippen LogP contribution in [0.3, 0.4) is 0 Å². The van der Waals surface area contributed by atoms with Crippen LogP contribution >= 0.6 is 0 Å². The minimum atomic E-state index is 1.21. The molecule has 0 bridgehead atoms. The van der Waals surface area contributed by atoms with E-state index in [1.807, 2.05) is 0 Å². The molecule has 0 N–H and O–H groups in total. The van der Waals surface area contributed by atoms with Gasteiger partial charge in [-0.05, 0) is 176 Å².